The van der Waals surface area contributed by atoms with E-state index in [2.05, 4.69) is 32.8 Å². The monoisotopic (exact) mass is 405 g/mol. The van der Waals surface area contributed by atoms with Crippen LogP contribution in [0.2, 0.25) is 0 Å². The summed E-state index contributed by atoms with van der Waals surface area (Å²) >= 11 is 0. The molecule has 0 bridgehead atoms. The molecule has 2 fully saturated rings. The Kier molecular flexibility index (Phi) is 5.30. The number of ether oxygens (including phenoxy) is 2. The van der Waals surface area contributed by atoms with Crippen molar-refractivity contribution in [2.24, 2.45) is 5.92 Å². The number of hydrogen-bond acceptors (Lipinski definition) is 6. The quantitative estimate of drug-likeness (QED) is 0.704. The fraction of sp³-hybridized carbons (Fsp3) is 0.478. The Bertz CT molecular complexity index is 1090. The third kappa shape index (κ3) is 3.41. The summed E-state index contributed by atoms with van der Waals surface area (Å²) in [6.07, 6.45) is 1.10. The van der Waals surface area contributed by atoms with Gasteiger partial charge in [0.25, 0.3) is 0 Å². The van der Waals surface area contributed by atoms with Crippen LogP contribution in [-0.2, 0) is 9.47 Å². The fourth-order valence-corrected chi connectivity index (χ4v) is 4.79. The molecule has 30 heavy (non-hydrogen) atoms. The highest BCUT2D eigenvalue weighted by molar-refractivity contribution is 5.85. The summed E-state index contributed by atoms with van der Waals surface area (Å²) in [6, 6.07) is 12.8. The molecule has 2 saturated heterocycles. The smallest absolute Gasteiger partial charge is 0.157 e. The molecular formula is C23H27N5O2. The largest absolute Gasteiger partial charge is 0.381 e. The third-order valence-corrected chi connectivity index (χ3v) is 6.40. The van der Waals surface area contributed by atoms with Gasteiger partial charge in [0.15, 0.2) is 5.65 Å². The molecule has 0 unspecified atom stereocenters. The van der Waals surface area contributed by atoms with Crippen LogP contribution in [0.15, 0.2) is 30.3 Å². The van der Waals surface area contributed by atoms with Crippen LogP contribution in [0.1, 0.15) is 17.5 Å². The number of pyridine rings is 1. The number of para-hydroxylation sites is 2. The highest BCUT2D eigenvalue weighted by atomic mass is 16.5. The van der Waals surface area contributed by atoms with Gasteiger partial charge in [-0.25, -0.2) is 4.98 Å². The lowest BCUT2D eigenvalue weighted by molar-refractivity contribution is 0.00459. The van der Waals surface area contributed by atoms with Crippen LogP contribution in [0.3, 0.4) is 0 Å². The van der Waals surface area contributed by atoms with Gasteiger partial charge in [-0.2, -0.15) is 5.26 Å². The van der Waals surface area contributed by atoms with Gasteiger partial charge >= 0.3 is 0 Å². The van der Waals surface area contributed by atoms with Crippen LogP contribution in [0, 0.1) is 24.2 Å². The Morgan fingerprint density at radius 2 is 2.07 bits per heavy atom. The van der Waals surface area contributed by atoms with Gasteiger partial charge in [0, 0.05) is 38.2 Å². The number of imidazole rings is 1. The highest BCUT2D eigenvalue weighted by Crippen LogP contribution is 2.28. The maximum atomic E-state index is 9.71. The Labute approximate surface area is 176 Å². The summed E-state index contributed by atoms with van der Waals surface area (Å²) in [6.45, 7) is 7.95. The first kappa shape index (κ1) is 19.3. The molecule has 4 heterocycles. The van der Waals surface area contributed by atoms with E-state index >= 15 is 0 Å². The SMILES string of the molecule is Cc1cc(NC[C@H]([C@@H]2CCOC2)N2CCOCC2)n2c(nc3ccccc32)c1C#N. The molecule has 2 aliphatic heterocycles. The van der Waals surface area contributed by atoms with Gasteiger partial charge in [0.1, 0.15) is 11.9 Å². The average Bonchev–Trinajstić information content (AvgIpc) is 3.43. The molecule has 0 saturated carbocycles. The van der Waals surface area contributed by atoms with Crippen molar-refractivity contribution < 1.29 is 9.47 Å². The summed E-state index contributed by atoms with van der Waals surface area (Å²) in [5.74, 6) is 1.50. The number of hydrogen-bond donors (Lipinski definition) is 1. The molecule has 156 valence electrons. The van der Waals surface area contributed by atoms with E-state index in [-0.39, 0.29) is 0 Å². The molecule has 2 aliphatic rings. The van der Waals surface area contributed by atoms with E-state index in [0.717, 1.165) is 74.9 Å². The lowest BCUT2D eigenvalue weighted by atomic mass is 9.97. The summed E-state index contributed by atoms with van der Waals surface area (Å²) < 4.78 is 13.4. The van der Waals surface area contributed by atoms with E-state index in [4.69, 9.17) is 14.5 Å². The second-order valence-corrected chi connectivity index (χ2v) is 8.18. The second kappa shape index (κ2) is 8.23. The molecular weight excluding hydrogens is 378 g/mol. The Hall–Kier alpha value is -2.66. The predicted octanol–water partition coefficient (Wildman–Crippen LogP) is 2.82. The van der Waals surface area contributed by atoms with Crippen LogP contribution in [0.4, 0.5) is 5.82 Å². The van der Waals surface area contributed by atoms with Crippen LogP contribution in [0.25, 0.3) is 16.7 Å². The van der Waals surface area contributed by atoms with E-state index in [9.17, 15) is 5.26 Å². The summed E-state index contributed by atoms with van der Waals surface area (Å²) in [5.41, 5.74) is 4.20. The van der Waals surface area contributed by atoms with Gasteiger partial charge in [-0.3, -0.25) is 9.30 Å². The van der Waals surface area contributed by atoms with E-state index in [1.165, 1.54) is 0 Å². The van der Waals surface area contributed by atoms with Gasteiger partial charge in [-0.15, -0.1) is 0 Å². The first-order valence-corrected chi connectivity index (χ1v) is 10.7. The maximum absolute atomic E-state index is 9.71. The minimum atomic E-state index is 0.386. The minimum Gasteiger partial charge on any atom is -0.381 e. The lowest BCUT2D eigenvalue weighted by Crippen LogP contribution is -2.50. The molecule has 1 aromatic carbocycles. The first-order valence-electron chi connectivity index (χ1n) is 10.7. The maximum Gasteiger partial charge on any atom is 0.157 e. The van der Waals surface area contributed by atoms with Gasteiger partial charge in [0.05, 0.1) is 36.4 Å². The fourth-order valence-electron chi connectivity index (χ4n) is 4.79. The van der Waals surface area contributed by atoms with Gasteiger partial charge < -0.3 is 14.8 Å². The Morgan fingerprint density at radius 1 is 1.23 bits per heavy atom. The Morgan fingerprint density at radius 3 is 2.83 bits per heavy atom. The van der Waals surface area contributed by atoms with Crippen molar-refractivity contribution in [3.8, 4) is 6.07 Å². The molecule has 2 atom stereocenters. The number of anilines is 1. The zero-order valence-electron chi connectivity index (χ0n) is 17.3. The molecule has 0 aliphatic carbocycles. The summed E-state index contributed by atoms with van der Waals surface area (Å²) in [7, 11) is 0. The van der Waals surface area contributed by atoms with Gasteiger partial charge in [-0.05, 0) is 37.1 Å². The van der Waals surface area contributed by atoms with Crippen molar-refractivity contribution in [3.05, 3.63) is 41.5 Å². The number of nitrogens with zero attached hydrogens (tertiary/aromatic N) is 4. The minimum absolute atomic E-state index is 0.386. The predicted molar refractivity (Wildman–Crippen MR) is 116 cm³/mol. The average molecular weight is 406 g/mol. The number of rotatable bonds is 5. The van der Waals surface area contributed by atoms with E-state index in [1.807, 2.05) is 25.1 Å². The van der Waals surface area contributed by atoms with Crippen molar-refractivity contribution in [3.63, 3.8) is 0 Å². The standard InChI is InChI=1S/C23H27N5O2/c1-16-12-22(28-20-5-3-2-4-19(20)26-23(28)18(16)13-24)25-14-21(17-6-9-30-15-17)27-7-10-29-11-8-27/h2-5,12,17,21,25H,6-11,14-15H2,1H3/t17-,21-/m1/s1. The molecule has 5 rings (SSSR count). The molecule has 2 aromatic heterocycles. The normalized spacial score (nSPS) is 21.1. The number of morpholine rings is 1. The Balaban J connectivity index is 1.51. The van der Waals surface area contributed by atoms with Crippen LogP contribution >= 0.6 is 0 Å². The molecule has 7 nitrogen and oxygen atoms in total. The number of fused-ring (bicyclic) bond motifs is 3. The highest BCUT2D eigenvalue weighted by Gasteiger charge is 2.31. The van der Waals surface area contributed by atoms with Crippen molar-refractivity contribution in [2.45, 2.75) is 19.4 Å². The first-order chi connectivity index (χ1) is 14.8. The topological polar surface area (TPSA) is 74.8 Å². The second-order valence-electron chi connectivity index (χ2n) is 8.18. The van der Waals surface area contributed by atoms with Crippen LogP contribution in [0.5, 0.6) is 0 Å². The summed E-state index contributed by atoms with van der Waals surface area (Å²) in [5, 5.41) is 13.4. The van der Waals surface area contributed by atoms with Gasteiger partial charge in [0.2, 0.25) is 0 Å². The summed E-state index contributed by atoms with van der Waals surface area (Å²) in [4.78, 5) is 7.29. The number of benzene rings is 1. The molecule has 0 radical (unpaired) electrons. The van der Waals surface area contributed by atoms with Crippen LogP contribution in [-0.4, -0.2) is 66.4 Å². The molecule has 3 aromatic rings. The van der Waals surface area contributed by atoms with Crippen LogP contribution < -0.4 is 5.32 Å². The van der Waals surface area contributed by atoms with Crippen molar-refractivity contribution in [2.75, 3.05) is 51.4 Å². The van der Waals surface area contributed by atoms with Crippen molar-refractivity contribution >= 4 is 22.5 Å². The van der Waals surface area contributed by atoms with Crippen molar-refractivity contribution in [1.82, 2.24) is 14.3 Å². The number of nitriles is 1. The molecule has 7 heteroatoms. The lowest BCUT2D eigenvalue weighted by Gasteiger charge is -2.37. The number of nitrogens with one attached hydrogen (secondary N) is 1. The number of aryl methyl sites for hydroxylation is 1. The zero-order valence-corrected chi connectivity index (χ0v) is 17.3. The molecule has 0 spiro atoms. The molecule has 1 N–H and O–H groups in total. The van der Waals surface area contributed by atoms with E-state index < -0.39 is 0 Å². The van der Waals surface area contributed by atoms with E-state index in [1.54, 1.807) is 0 Å². The van der Waals surface area contributed by atoms with E-state index in [0.29, 0.717) is 23.2 Å². The number of aromatic nitrogens is 2. The van der Waals surface area contributed by atoms with Crippen molar-refractivity contribution in [1.29, 1.82) is 5.26 Å². The van der Waals surface area contributed by atoms with Gasteiger partial charge in [-0.1, -0.05) is 12.1 Å². The molecule has 0 amide bonds. The zero-order chi connectivity index (χ0) is 20.5. The third-order valence-electron chi connectivity index (χ3n) is 6.40.